The maximum atomic E-state index is 11.7. The Kier molecular flexibility index (Phi) is 11.9. The third-order valence-electron chi connectivity index (χ3n) is 8.78. The first-order valence-corrected chi connectivity index (χ1v) is 15.7. The number of rotatable bonds is 9. The van der Waals surface area contributed by atoms with Gasteiger partial charge in [-0.1, -0.05) is 96.7 Å². The first-order valence-electron chi connectivity index (χ1n) is 15.7. The zero-order valence-electron chi connectivity index (χ0n) is 27.0. The van der Waals surface area contributed by atoms with Crippen LogP contribution in [0.25, 0.3) is 32.9 Å². The van der Waals surface area contributed by atoms with Gasteiger partial charge in [0.2, 0.25) is 0 Å². The molecule has 5 rings (SSSR count). The van der Waals surface area contributed by atoms with Crippen LogP contribution in [0.3, 0.4) is 0 Å². The van der Waals surface area contributed by atoms with Gasteiger partial charge in [0.15, 0.2) is 5.78 Å². The SMILES string of the molecule is CC(C)Cc1cc2c3c(nccc3c1)-c1[c-]c3ccccc3nc1C2(C)C.CCC(CC)C(=O)/C=C(\O)C(CC)CC.[Ir]. The molecule has 43 heavy (non-hydrogen) atoms. The number of carbonyl (C=O) groups excluding carboxylic acids is 1. The van der Waals surface area contributed by atoms with Crippen molar-refractivity contribution < 1.29 is 30.0 Å². The first kappa shape index (κ1) is 34.6. The fourth-order valence-corrected chi connectivity index (χ4v) is 6.23. The molecule has 1 N–H and O–H groups in total. The van der Waals surface area contributed by atoms with E-state index < -0.39 is 0 Å². The average molecular weight is 756 g/mol. The van der Waals surface area contributed by atoms with Gasteiger partial charge >= 0.3 is 0 Å². The summed E-state index contributed by atoms with van der Waals surface area (Å²) in [7, 11) is 0. The van der Waals surface area contributed by atoms with E-state index in [1.54, 1.807) is 0 Å². The van der Waals surface area contributed by atoms with Gasteiger partial charge in [0.05, 0.1) is 5.76 Å². The van der Waals surface area contributed by atoms with Crippen LogP contribution in [0.15, 0.2) is 60.5 Å². The van der Waals surface area contributed by atoms with Crippen LogP contribution < -0.4 is 0 Å². The molecule has 1 aliphatic carbocycles. The number of hydrogen-bond acceptors (Lipinski definition) is 4. The fraction of sp³-hybridized carbons (Fsp3) is 0.447. The van der Waals surface area contributed by atoms with E-state index in [1.165, 1.54) is 28.0 Å². The van der Waals surface area contributed by atoms with Crippen LogP contribution in [0.4, 0.5) is 0 Å². The van der Waals surface area contributed by atoms with Gasteiger partial charge in [0, 0.05) is 55.3 Å². The Bertz CT molecular complexity index is 1600. The summed E-state index contributed by atoms with van der Waals surface area (Å²) in [6, 6.07) is 18.7. The molecule has 0 bridgehead atoms. The Morgan fingerprint density at radius 1 is 0.977 bits per heavy atom. The molecular weight excluding hydrogens is 709 g/mol. The molecule has 0 amide bonds. The topological polar surface area (TPSA) is 63.1 Å². The third kappa shape index (κ3) is 7.27. The molecule has 0 saturated heterocycles. The third-order valence-corrected chi connectivity index (χ3v) is 8.78. The molecule has 2 aromatic carbocycles. The van der Waals surface area contributed by atoms with E-state index in [-0.39, 0.29) is 48.9 Å². The summed E-state index contributed by atoms with van der Waals surface area (Å²) < 4.78 is 0. The molecule has 5 heteroatoms. The number of para-hydroxylation sites is 1. The van der Waals surface area contributed by atoms with Gasteiger partial charge in [-0.15, -0.1) is 12.1 Å². The minimum atomic E-state index is -0.183. The number of carbonyl (C=O) groups is 1. The summed E-state index contributed by atoms with van der Waals surface area (Å²) in [5.74, 6) is 1.18. The molecule has 2 aromatic heterocycles. The molecular formula is C38H47IrN2O2-. The summed E-state index contributed by atoms with van der Waals surface area (Å²) in [5, 5.41) is 13.3. The molecule has 0 unspecified atom stereocenters. The number of nitrogens with zero attached hydrogens (tertiary/aromatic N) is 2. The van der Waals surface area contributed by atoms with Crippen molar-refractivity contribution in [2.45, 2.75) is 92.9 Å². The van der Waals surface area contributed by atoms with Crippen molar-refractivity contribution in [3.63, 3.8) is 0 Å². The Morgan fingerprint density at radius 3 is 2.26 bits per heavy atom. The van der Waals surface area contributed by atoms with Crippen LogP contribution in [-0.2, 0) is 36.7 Å². The molecule has 0 saturated carbocycles. The van der Waals surface area contributed by atoms with E-state index in [0.29, 0.717) is 5.92 Å². The van der Waals surface area contributed by atoms with Gasteiger partial charge in [-0.05, 0) is 77.2 Å². The van der Waals surface area contributed by atoms with Crippen molar-refractivity contribution in [1.29, 1.82) is 0 Å². The molecule has 0 atom stereocenters. The number of fused-ring (bicyclic) bond motifs is 3. The van der Waals surface area contributed by atoms with Crippen LogP contribution in [-0.4, -0.2) is 20.9 Å². The smallest absolute Gasteiger partial charge is 0.162 e. The predicted molar refractivity (Wildman–Crippen MR) is 176 cm³/mol. The van der Waals surface area contributed by atoms with Crippen LogP contribution in [0.1, 0.15) is 97.9 Å². The van der Waals surface area contributed by atoms with Gasteiger partial charge < -0.3 is 10.1 Å². The van der Waals surface area contributed by atoms with Crippen LogP contribution in [0.5, 0.6) is 0 Å². The second-order valence-corrected chi connectivity index (χ2v) is 12.6. The van der Waals surface area contributed by atoms with Crippen LogP contribution >= 0.6 is 0 Å². The van der Waals surface area contributed by atoms with Crippen LogP contribution in [0.2, 0.25) is 0 Å². The van der Waals surface area contributed by atoms with E-state index in [9.17, 15) is 9.90 Å². The van der Waals surface area contributed by atoms with Gasteiger partial charge in [-0.2, -0.15) is 0 Å². The second-order valence-electron chi connectivity index (χ2n) is 12.6. The van der Waals surface area contributed by atoms with Gasteiger partial charge in [-0.3, -0.25) is 9.78 Å². The molecule has 4 aromatic rings. The summed E-state index contributed by atoms with van der Waals surface area (Å²) in [4.78, 5) is 21.6. The average Bonchev–Trinajstić information content (AvgIpc) is 2.96. The van der Waals surface area contributed by atoms with Crippen molar-refractivity contribution in [3.8, 4) is 11.3 Å². The van der Waals surface area contributed by atoms with Gasteiger partial charge in [0.25, 0.3) is 0 Å². The van der Waals surface area contributed by atoms with Crippen molar-refractivity contribution in [2.75, 3.05) is 0 Å². The van der Waals surface area contributed by atoms with Crippen molar-refractivity contribution in [1.82, 2.24) is 9.97 Å². The number of ketones is 1. The molecule has 1 aliphatic rings. The predicted octanol–water partition coefficient (Wildman–Crippen LogP) is 9.96. The van der Waals surface area contributed by atoms with Gasteiger partial charge in [-0.25, -0.2) is 0 Å². The molecule has 231 valence electrons. The van der Waals surface area contributed by atoms with E-state index in [0.717, 1.165) is 60.0 Å². The Labute approximate surface area is 271 Å². The summed E-state index contributed by atoms with van der Waals surface area (Å²) in [6.07, 6.45) is 7.91. The number of allylic oxidation sites excluding steroid dienone is 2. The van der Waals surface area contributed by atoms with Gasteiger partial charge in [0.1, 0.15) is 0 Å². The zero-order chi connectivity index (χ0) is 30.6. The van der Waals surface area contributed by atoms with E-state index in [1.807, 2.05) is 46.0 Å². The number of pyridine rings is 2. The molecule has 4 nitrogen and oxygen atoms in total. The molecule has 1 radical (unpaired) electrons. The largest absolute Gasteiger partial charge is 0.512 e. The van der Waals surface area contributed by atoms with Crippen molar-refractivity contribution in [2.24, 2.45) is 17.8 Å². The van der Waals surface area contributed by atoms with E-state index >= 15 is 0 Å². The zero-order valence-corrected chi connectivity index (χ0v) is 29.4. The number of hydrogen-bond donors (Lipinski definition) is 1. The molecule has 2 heterocycles. The molecule has 0 fully saturated rings. The number of aliphatic hydroxyl groups is 1. The second kappa shape index (κ2) is 14.7. The Hall–Kier alpha value is -2.88. The van der Waals surface area contributed by atoms with Crippen molar-refractivity contribution >= 4 is 27.5 Å². The van der Waals surface area contributed by atoms with E-state index in [4.69, 9.17) is 9.97 Å². The summed E-state index contributed by atoms with van der Waals surface area (Å²) in [5.41, 5.74) is 6.69. The maximum absolute atomic E-state index is 11.7. The number of aliphatic hydroxyl groups excluding tert-OH is 1. The number of aromatic nitrogens is 2. The van der Waals surface area contributed by atoms with E-state index in [2.05, 4.69) is 64.1 Å². The number of benzene rings is 2. The summed E-state index contributed by atoms with van der Waals surface area (Å²) in [6.45, 7) is 17.2. The Balaban J connectivity index is 0.000000274. The minimum absolute atomic E-state index is 0. The standard InChI is InChI=1S/C25H23N2.C13H24O2.Ir/c1-15(2)11-16-12-18-9-10-26-23-19-14-17-7-5-6-8-21(17)27-24(19)25(3,4)20(13-16)22(18)23;1-5-10(6-2)12(14)9-13(15)11(7-3)8-4;/h5-10,12-13,15H,11H2,1-4H3;9-11,14H,5-8H2,1-4H3;/q-1;;/b;12-9-;. The summed E-state index contributed by atoms with van der Waals surface area (Å²) >= 11 is 0. The maximum Gasteiger partial charge on any atom is 0.162 e. The monoisotopic (exact) mass is 756 g/mol. The molecule has 0 aliphatic heterocycles. The van der Waals surface area contributed by atoms with Crippen molar-refractivity contribution in [3.05, 3.63) is 83.4 Å². The normalized spacial score (nSPS) is 13.6. The first-order chi connectivity index (χ1) is 20.0. The quantitative estimate of drug-likeness (QED) is 0.105. The fourth-order valence-electron chi connectivity index (χ4n) is 6.23. The Morgan fingerprint density at radius 2 is 1.63 bits per heavy atom. The van der Waals surface area contributed by atoms with Crippen LogP contribution in [0, 0.1) is 23.8 Å². The minimum Gasteiger partial charge on any atom is -0.512 e. The molecule has 0 spiro atoms.